The third-order valence-corrected chi connectivity index (χ3v) is 16.8. The molecule has 13 heteroatoms. The molecule has 1 heterocycles. The molecule has 1 fully saturated rings. The van der Waals surface area contributed by atoms with Gasteiger partial charge in [0.1, 0.15) is 24.4 Å². The number of carbonyl (C=O) groups is 1. The fourth-order valence-corrected chi connectivity index (χ4v) is 11.7. The zero-order chi connectivity index (χ0) is 56.8. The van der Waals surface area contributed by atoms with Gasteiger partial charge in [0, 0.05) is 6.42 Å². The normalized spacial score (nSPS) is 18.8. The average molecular weight is 1130 g/mol. The lowest BCUT2D eigenvalue weighted by atomic mass is 9.99. The van der Waals surface area contributed by atoms with E-state index in [1.54, 1.807) is 6.08 Å². The minimum absolute atomic E-state index is 0.254. The minimum Gasteiger partial charge on any atom is -0.394 e. The van der Waals surface area contributed by atoms with Crippen molar-refractivity contribution in [2.45, 2.75) is 384 Å². The van der Waals surface area contributed by atoms with Crippen LogP contribution in [0.15, 0.2) is 12.2 Å². The van der Waals surface area contributed by atoms with Crippen molar-refractivity contribution >= 4 is 16.3 Å². The molecule has 1 aliphatic rings. The van der Waals surface area contributed by atoms with Gasteiger partial charge in [-0.2, -0.15) is 8.42 Å². The lowest BCUT2D eigenvalue weighted by Crippen LogP contribution is -2.61. The Hall–Kier alpha value is -1.16. The highest BCUT2D eigenvalue weighted by Crippen LogP contribution is 2.26. The maximum absolute atomic E-state index is 13.2. The molecular formula is C65H127NO11S. The van der Waals surface area contributed by atoms with Crippen molar-refractivity contribution in [3.63, 3.8) is 0 Å². The largest absolute Gasteiger partial charge is 0.397 e. The molecule has 0 aromatic carbocycles. The van der Waals surface area contributed by atoms with Crippen molar-refractivity contribution in [3.05, 3.63) is 12.2 Å². The first-order valence-corrected chi connectivity index (χ1v) is 34.9. The number of carbonyl (C=O) groups excluding carboxylic acids is 1. The van der Waals surface area contributed by atoms with Crippen LogP contribution in [-0.4, -0.2) is 95.4 Å². The van der Waals surface area contributed by atoms with E-state index < -0.39 is 59.9 Å². The maximum Gasteiger partial charge on any atom is 0.397 e. The summed E-state index contributed by atoms with van der Waals surface area (Å²) in [6, 6.07) is -0.940. The molecule has 464 valence electrons. The van der Waals surface area contributed by atoms with Gasteiger partial charge in [0.2, 0.25) is 5.91 Å². The van der Waals surface area contributed by atoms with Crippen molar-refractivity contribution < 1.29 is 51.8 Å². The van der Waals surface area contributed by atoms with Gasteiger partial charge in [-0.25, -0.2) is 4.18 Å². The molecule has 0 radical (unpaired) electrons. The Kier molecular flexibility index (Phi) is 52.8. The number of aliphatic hydroxyl groups excluding tert-OH is 4. The summed E-state index contributed by atoms with van der Waals surface area (Å²) in [6.07, 6.45) is 60.1. The van der Waals surface area contributed by atoms with Crippen LogP contribution in [0.25, 0.3) is 0 Å². The summed E-state index contributed by atoms with van der Waals surface area (Å²) in [4.78, 5) is 13.2. The van der Waals surface area contributed by atoms with Crippen molar-refractivity contribution in [1.82, 2.24) is 5.32 Å². The van der Waals surface area contributed by atoms with Crippen LogP contribution in [0.4, 0.5) is 0 Å². The number of ether oxygens (including phenoxy) is 2. The fraction of sp³-hybridized carbons (Fsp3) is 0.954. The van der Waals surface area contributed by atoms with E-state index in [1.165, 1.54) is 276 Å². The highest BCUT2D eigenvalue weighted by atomic mass is 32.3. The third-order valence-electron chi connectivity index (χ3n) is 16.3. The van der Waals surface area contributed by atoms with Crippen LogP contribution < -0.4 is 5.32 Å². The molecule has 1 amide bonds. The molecule has 0 saturated carbocycles. The monoisotopic (exact) mass is 1130 g/mol. The van der Waals surface area contributed by atoms with Gasteiger partial charge in [-0.1, -0.05) is 328 Å². The van der Waals surface area contributed by atoms with Gasteiger partial charge in [0.15, 0.2) is 6.29 Å². The number of amides is 1. The average Bonchev–Trinajstić information content (AvgIpc) is 3.45. The van der Waals surface area contributed by atoms with Crippen LogP contribution in [-0.2, 0) is 28.9 Å². The van der Waals surface area contributed by atoms with Gasteiger partial charge in [-0.15, -0.1) is 0 Å². The van der Waals surface area contributed by atoms with E-state index in [0.29, 0.717) is 6.42 Å². The standard InChI is InChI=1S/C65H127NO11S/c1-3-5-7-9-11-13-15-17-19-21-22-23-24-25-26-27-28-29-30-31-32-33-34-35-36-37-38-39-41-43-45-47-49-51-53-55-61(69)66-58(57-75-65-63(71)64(77-78(72,73)74)62(70)60(56-67)76-65)59(68)54-52-50-48-46-44-42-40-20-18-16-14-12-10-8-6-4-2/h52,54,58-60,62-65,67-68,70-71H,3-51,53,55-57H2,1-2H3,(H,66,69)(H,72,73,74)/b54-52+. The number of allylic oxidation sites excluding steroid dienone is 1. The van der Waals surface area contributed by atoms with Crippen molar-refractivity contribution in [3.8, 4) is 0 Å². The molecule has 1 rings (SSSR count). The number of aliphatic hydroxyl groups is 4. The first-order chi connectivity index (χ1) is 38.0. The molecule has 7 unspecified atom stereocenters. The molecule has 0 aliphatic carbocycles. The zero-order valence-corrected chi connectivity index (χ0v) is 51.6. The summed E-state index contributed by atoms with van der Waals surface area (Å²) < 4.78 is 47.9. The summed E-state index contributed by atoms with van der Waals surface area (Å²) in [7, 11) is -5.09. The minimum atomic E-state index is -5.09. The van der Waals surface area contributed by atoms with Crippen LogP contribution in [0.5, 0.6) is 0 Å². The van der Waals surface area contributed by atoms with Gasteiger partial charge in [0.25, 0.3) is 0 Å². The van der Waals surface area contributed by atoms with E-state index in [1.807, 2.05) is 6.08 Å². The summed E-state index contributed by atoms with van der Waals surface area (Å²) in [5.74, 6) is -0.254. The first-order valence-electron chi connectivity index (χ1n) is 33.6. The Morgan fingerprint density at radius 2 is 0.808 bits per heavy atom. The molecule has 0 aromatic rings. The molecule has 12 nitrogen and oxygen atoms in total. The summed E-state index contributed by atoms with van der Waals surface area (Å²) in [6.45, 7) is 3.45. The van der Waals surface area contributed by atoms with E-state index in [-0.39, 0.29) is 18.9 Å². The van der Waals surface area contributed by atoms with Gasteiger partial charge in [-0.05, 0) is 19.3 Å². The molecule has 0 spiro atoms. The van der Waals surface area contributed by atoms with Gasteiger partial charge < -0.3 is 35.2 Å². The van der Waals surface area contributed by atoms with E-state index in [9.17, 15) is 38.2 Å². The summed E-state index contributed by atoms with van der Waals surface area (Å²) in [5, 5.41) is 45.0. The topological polar surface area (TPSA) is 192 Å². The highest BCUT2D eigenvalue weighted by molar-refractivity contribution is 7.80. The lowest BCUT2D eigenvalue weighted by Gasteiger charge is -2.41. The molecule has 0 aromatic heterocycles. The van der Waals surface area contributed by atoms with E-state index in [0.717, 1.165) is 38.5 Å². The van der Waals surface area contributed by atoms with Crippen LogP contribution in [0.3, 0.4) is 0 Å². The SMILES string of the molecule is CCCCCCCCCCCCCCCC/C=C/C(O)C(COC1OC(CO)C(O)C(OS(=O)(=O)O)C1O)NC(=O)CCCCCCCCCCCCCCCCCCCCCCCCCCCCCCCCCCCCC. The molecule has 7 atom stereocenters. The first kappa shape index (κ1) is 74.9. The fourth-order valence-electron chi connectivity index (χ4n) is 11.2. The maximum atomic E-state index is 13.2. The molecule has 0 bridgehead atoms. The Balaban J connectivity index is 2.18. The van der Waals surface area contributed by atoms with E-state index in [4.69, 9.17) is 9.47 Å². The lowest BCUT2D eigenvalue weighted by molar-refractivity contribution is -0.298. The second-order valence-electron chi connectivity index (χ2n) is 23.8. The van der Waals surface area contributed by atoms with Gasteiger partial charge in [-0.3, -0.25) is 9.35 Å². The Morgan fingerprint density at radius 3 is 1.12 bits per heavy atom. The molecule has 78 heavy (non-hydrogen) atoms. The number of rotatable bonds is 60. The second-order valence-corrected chi connectivity index (χ2v) is 24.8. The zero-order valence-electron chi connectivity index (χ0n) is 50.8. The van der Waals surface area contributed by atoms with Crippen molar-refractivity contribution in [2.24, 2.45) is 0 Å². The molecule has 6 N–H and O–H groups in total. The van der Waals surface area contributed by atoms with Crippen molar-refractivity contribution in [1.29, 1.82) is 0 Å². The van der Waals surface area contributed by atoms with Crippen molar-refractivity contribution in [2.75, 3.05) is 13.2 Å². The molecule has 1 saturated heterocycles. The van der Waals surface area contributed by atoms with Crippen LogP contribution in [0, 0.1) is 0 Å². The number of nitrogens with one attached hydrogen (secondary N) is 1. The Labute approximate surface area is 480 Å². The molecular weight excluding hydrogens is 1000 g/mol. The van der Waals surface area contributed by atoms with Gasteiger partial charge >= 0.3 is 10.4 Å². The predicted octanol–water partition coefficient (Wildman–Crippen LogP) is 17.0. The van der Waals surface area contributed by atoms with Gasteiger partial charge in [0.05, 0.1) is 25.4 Å². The highest BCUT2D eigenvalue weighted by Gasteiger charge is 2.48. The van der Waals surface area contributed by atoms with E-state index >= 15 is 0 Å². The number of hydrogen-bond acceptors (Lipinski definition) is 10. The predicted molar refractivity (Wildman–Crippen MR) is 324 cm³/mol. The molecule has 1 aliphatic heterocycles. The number of hydrogen-bond donors (Lipinski definition) is 6. The van der Waals surface area contributed by atoms with Crippen LogP contribution in [0.2, 0.25) is 0 Å². The summed E-state index contributed by atoms with van der Waals surface area (Å²) in [5.41, 5.74) is 0. The van der Waals surface area contributed by atoms with E-state index in [2.05, 4.69) is 23.3 Å². The quantitative estimate of drug-likeness (QED) is 0.0193. The van der Waals surface area contributed by atoms with Crippen LogP contribution in [0.1, 0.15) is 341 Å². The second kappa shape index (κ2) is 55.1. The smallest absolute Gasteiger partial charge is 0.394 e. The third kappa shape index (κ3) is 46.3. The number of unbranched alkanes of at least 4 members (excludes halogenated alkanes) is 48. The Morgan fingerprint density at radius 1 is 0.500 bits per heavy atom. The Bertz CT molecular complexity index is 1420. The summed E-state index contributed by atoms with van der Waals surface area (Å²) >= 11 is 0. The van der Waals surface area contributed by atoms with Crippen LogP contribution >= 0.6 is 0 Å².